The van der Waals surface area contributed by atoms with E-state index in [0.717, 1.165) is 24.7 Å². The Morgan fingerprint density at radius 1 is 1.31 bits per heavy atom. The van der Waals surface area contributed by atoms with Gasteiger partial charge in [0.2, 0.25) is 0 Å². The maximum Gasteiger partial charge on any atom is 0.151 e. The van der Waals surface area contributed by atoms with E-state index in [-0.39, 0.29) is 0 Å². The minimum Gasteiger partial charge on any atom is -0.298 e. The van der Waals surface area contributed by atoms with Crippen molar-refractivity contribution < 1.29 is 4.79 Å². The minimum absolute atomic E-state index is 0.390. The Kier molecular flexibility index (Phi) is 2.31. The van der Waals surface area contributed by atoms with Crippen molar-refractivity contribution in [3.63, 3.8) is 0 Å². The fourth-order valence-corrected chi connectivity index (χ4v) is 1.83. The van der Waals surface area contributed by atoms with Crippen molar-refractivity contribution in [2.75, 3.05) is 0 Å². The summed E-state index contributed by atoms with van der Waals surface area (Å²) in [4.78, 5) is 10.8. The molecule has 0 unspecified atom stereocenters. The van der Waals surface area contributed by atoms with Crippen molar-refractivity contribution in [3.05, 3.63) is 33.3 Å². The van der Waals surface area contributed by atoms with E-state index in [9.17, 15) is 4.79 Å². The summed E-state index contributed by atoms with van der Waals surface area (Å²) in [5, 5.41) is 0.842. The van der Waals surface area contributed by atoms with Gasteiger partial charge in [0.25, 0.3) is 0 Å². The molecule has 3 heteroatoms. The standard InChI is InChI=1S/C10H8Cl2O/c11-9-4-3-7(6-1-2-6)8(5-13)10(9)12/h3-6H,1-2H2. The summed E-state index contributed by atoms with van der Waals surface area (Å²) >= 11 is 11.7. The van der Waals surface area contributed by atoms with Gasteiger partial charge in [0.1, 0.15) is 0 Å². The fourth-order valence-electron chi connectivity index (χ4n) is 1.45. The third-order valence-corrected chi connectivity index (χ3v) is 3.12. The molecule has 0 saturated heterocycles. The van der Waals surface area contributed by atoms with Crippen molar-refractivity contribution in [2.24, 2.45) is 0 Å². The van der Waals surface area contributed by atoms with Gasteiger partial charge >= 0.3 is 0 Å². The van der Waals surface area contributed by atoms with E-state index in [0.29, 0.717) is 21.5 Å². The Morgan fingerprint density at radius 2 is 2.00 bits per heavy atom. The molecular weight excluding hydrogens is 207 g/mol. The molecule has 68 valence electrons. The second-order valence-electron chi connectivity index (χ2n) is 3.26. The summed E-state index contributed by atoms with van der Waals surface area (Å²) in [5.74, 6) is 0.523. The molecule has 0 heterocycles. The van der Waals surface area contributed by atoms with Gasteiger partial charge in [0.15, 0.2) is 6.29 Å². The van der Waals surface area contributed by atoms with Crippen LogP contribution in [0.1, 0.15) is 34.7 Å². The number of halogens is 2. The smallest absolute Gasteiger partial charge is 0.151 e. The number of carbonyl (C=O) groups excluding carboxylic acids is 1. The summed E-state index contributed by atoms with van der Waals surface area (Å²) < 4.78 is 0. The topological polar surface area (TPSA) is 17.1 Å². The van der Waals surface area contributed by atoms with Crippen LogP contribution in [0.25, 0.3) is 0 Å². The first-order valence-electron chi connectivity index (χ1n) is 4.17. The van der Waals surface area contributed by atoms with Gasteiger partial charge in [-0.3, -0.25) is 4.79 Å². The highest BCUT2D eigenvalue weighted by molar-refractivity contribution is 6.43. The van der Waals surface area contributed by atoms with Gasteiger partial charge in [-0.05, 0) is 30.4 Å². The van der Waals surface area contributed by atoms with E-state index in [1.807, 2.05) is 6.07 Å². The predicted octanol–water partition coefficient (Wildman–Crippen LogP) is 3.68. The highest BCUT2D eigenvalue weighted by Crippen LogP contribution is 2.43. The molecule has 1 aromatic carbocycles. The van der Waals surface area contributed by atoms with Crippen LogP contribution in [0.2, 0.25) is 10.0 Å². The molecule has 1 fully saturated rings. The van der Waals surface area contributed by atoms with Crippen LogP contribution in [0.5, 0.6) is 0 Å². The van der Waals surface area contributed by atoms with Crippen LogP contribution in [0.15, 0.2) is 12.1 Å². The summed E-state index contributed by atoms with van der Waals surface area (Å²) in [6, 6.07) is 3.65. The molecule has 0 bridgehead atoms. The molecule has 0 aliphatic heterocycles. The molecule has 0 amide bonds. The zero-order valence-electron chi connectivity index (χ0n) is 6.89. The SMILES string of the molecule is O=Cc1c(C2CC2)ccc(Cl)c1Cl. The van der Waals surface area contributed by atoms with Crippen molar-refractivity contribution >= 4 is 29.5 Å². The molecule has 0 spiro atoms. The van der Waals surface area contributed by atoms with E-state index < -0.39 is 0 Å². The summed E-state index contributed by atoms with van der Waals surface area (Å²) in [6.07, 6.45) is 3.10. The number of benzene rings is 1. The van der Waals surface area contributed by atoms with Gasteiger partial charge in [-0.25, -0.2) is 0 Å². The van der Waals surface area contributed by atoms with E-state index in [1.165, 1.54) is 0 Å². The van der Waals surface area contributed by atoms with E-state index >= 15 is 0 Å². The Labute approximate surface area is 86.7 Å². The molecule has 0 radical (unpaired) electrons. The molecule has 2 rings (SSSR count). The van der Waals surface area contributed by atoms with Crippen molar-refractivity contribution in [2.45, 2.75) is 18.8 Å². The molecule has 0 N–H and O–H groups in total. The molecule has 13 heavy (non-hydrogen) atoms. The molecule has 1 aliphatic rings. The Balaban J connectivity index is 2.56. The van der Waals surface area contributed by atoms with Crippen molar-refractivity contribution in [3.8, 4) is 0 Å². The Bertz CT molecular complexity index is 356. The van der Waals surface area contributed by atoms with Gasteiger partial charge in [-0.1, -0.05) is 29.3 Å². The number of hydrogen-bond donors (Lipinski definition) is 0. The highest BCUT2D eigenvalue weighted by atomic mass is 35.5. The highest BCUT2D eigenvalue weighted by Gasteiger charge is 2.27. The van der Waals surface area contributed by atoms with Crippen LogP contribution in [0.3, 0.4) is 0 Å². The zero-order valence-corrected chi connectivity index (χ0v) is 8.40. The van der Waals surface area contributed by atoms with Crippen molar-refractivity contribution in [1.29, 1.82) is 0 Å². The van der Waals surface area contributed by atoms with Crippen LogP contribution in [-0.2, 0) is 0 Å². The van der Waals surface area contributed by atoms with Gasteiger partial charge in [0.05, 0.1) is 10.0 Å². The average Bonchev–Trinajstić information content (AvgIpc) is 2.92. The molecule has 1 aliphatic carbocycles. The Hall–Kier alpha value is -0.530. The quantitative estimate of drug-likeness (QED) is 0.687. The molecule has 1 aromatic rings. The lowest BCUT2D eigenvalue weighted by molar-refractivity contribution is 0.112. The van der Waals surface area contributed by atoms with E-state index in [2.05, 4.69) is 0 Å². The maximum absolute atomic E-state index is 10.8. The second kappa shape index (κ2) is 3.32. The molecule has 0 atom stereocenters. The van der Waals surface area contributed by atoms with Gasteiger partial charge in [-0.2, -0.15) is 0 Å². The third kappa shape index (κ3) is 1.59. The fraction of sp³-hybridized carbons (Fsp3) is 0.300. The molecular formula is C10H8Cl2O. The first kappa shape index (κ1) is 9.04. The normalized spacial score (nSPS) is 15.8. The predicted molar refractivity (Wildman–Crippen MR) is 53.8 cm³/mol. The lowest BCUT2D eigenvalue weighted by atomic mass is 10.0. The zero-order chi connectivity index (χ0) is 9.42. The monoisotopic (exact) mass is 214 g/mol. The third-order valence-electron chi connectivity index (χ3n) is 2.30. The largest absolute Gasteiger partial charge is 0.298 e. The van der Waals surface area contributed by atoms with Crippen LogP contribution in [0.4, 0.5) is 0 Å². The minimum atomic E-state index is 0.390. The molecule has 1 nitrogen and oxygen atoms in total. The lowest BCUT2D eigenvalue weighted by Gasteiger charge is -2.05. The van der Waals surface area contributed by atoms with Crippen LogP contribution >= 0.6 is 23.2 Å². The van der Waals surface area contributed by atoms with Crippen LogP contribution in [-0.4, -0.2) is 6.29 Å². The van der Waals surface area contributed by atoms with E-state index in [1.54, 1.807) is 6.07 Å². The van der Waals surface area contributed by atoms with Gasteiger partial charge in [0, 0.05) is 5.56 Å². The van der Waals surface area contributed by atoms with Gasteiger partial charge < -0.3 is 0 Å². The number of carbonyl (C=O) groups is 1. The lowest BCUT2D eigenvalue weighted by Crippen LogP contribution is -1.91. The van der Waals surface area contributed by atoms with Crippen molar-refractivity contribution in [1.82, 2.24) is 0 Å². The number of hydrogen-bond acceptors (Lipinski definition) is 1. The maximum atomic E-state index is 10.8. The Morgan fingerprint density at radius 3 is 2.54 bits per heavy atom. The molecule has 1 saturated carbocycles. The van der Waals surface area contributed by atoms with Gasteiger partial charge in [-0.15, -0.1) is 0 Å². The second-order valence-corrected chi connectivity index (χ2v) is 4.04. The van der Waals surface area contributed by atoms with Crippen LogP contribution in [0, 0.1) is 0 Å². The summed E-state index contributed by atoms with van der Waals surface area (Å²) in [5.41, 5.74) is 1.61. The van der Waals surface area contributed by atoms with E-state index in [4.69, 9.17) is 23.2 Å². The first-order valence-corrected chi connectivity index (χ1v) is 4.92. The molecule has 0 aromatic heterocycles. The number of aldehydes is 1. The average molecular weight is 215 g/mol. The summed E-state index contributed by atoms with van der Waals surface area (Å²) in [7, 11) is 0. The first-order chi connectivity index (χ1) is 6.24. The van der Waals surface area contributed by atoms with Crippen LogP contribution < -0.4 is 0 Å². The number of rotatable bonds is 2. The summed E-state index contributed by atoms with van der Waals surface area (Å²) in [6.45, 7) is 0.